The zero-order chi connectivity index (χ0) is 43.1. The third-order valence-electron chi connectivity index (χ3n) is 6.35. The molecule has 22 heteroatoms. The van der Waals surface area contributed by atoms with Gasteiger partial charge in [0.2, 0.25) is 0 Å². The van der Waals surface area contributed by atoms with Crippen LogP contribution in [0.1, 0.15) is 81.6 Å². The molecule has 0 aromatic heterocycles. The summed E-state index contributed by atoms with van der Waals surface area (Å²) in [5, 5.41) is 18.8. The molecule has 57 heavy (non-hydrogen) atoms. The minimum Gasteiger partial charge on any atom is -0.545 e. The number of carboxylic acid groups (broad SMARTS) is 2. The van der Waals surface area contributed by atoms with Gasteiger partial charge in [-0.15, -0.1) is 11.6 Å². The molecule has 0 amide bonds. The van der Waals surface area contributed by atoms with E-state index >= 15 is 0 Å². The van der Waals surface area contributed by atoms with Crippen molar-refractivity contribution in [1.82, 2.24) is 0 Å². The van der Waals surface area contributed by atoms with Crippen LogP contribution in [-0.2, 0) is 68.5 Å². The Labute approximate surface area is 370 Å². The Bertz CT molecular complexity index is 961. The van der Waals surface area contributed by atoms with Crippen LogP contribution in [0, 0.1) is 0 Å². The monoisotopic (exact) mass is 901 g/mol. The molecule has 0 unspecified atom stereocenters. The molecule has 0 N–H and O–H groups in total. The zero-order valence-electron chi connectivity index (χ0n) is 35.9. The summed E-state index contributed by atoms with van der Waals surface area (Å²) < 4.78 is 61.8. The Morgan fingerprint density at radius 2 is 0.667 bits per heavy atom. The summed E-state index contributed by atoms with van der Waals surface area (Å²) in [4.78, 5) is 42.6. The quantitative estimate of drug-likeness (QED) is 0.0283. The molecule has 0 aromatic carbocycles. The van der Waals surface area contributed by atoms with Crippen LogP contribution >= 0.6 is 11.6 Å². The second-order valence-electron chi connectivity index (χ2n) is 10.6. The van der Waals surface area contributed by atoms with Crippen LogP contribution in [0.25, 0.3) is 0 Å². The number of hydrogen-bond donors (Lipinski definition) is 0. The average molecular weight is 903 g/mol. The van der Waals surface area contributed by atoms with Crippen LogP contribution in [0.4, 0.5) is 0 Å². The Morgan fingerprint density at radius 1 is 0.439 bits per heavy atom. The van der Waals surface area contributed by atoms with Crippen molar-refractivity contribution >= 4 is 61.9 Å². The van der Waals surface area contributed by atoms with Crippen molar-refractivity contribution in [3.8, 4) is 0 Å². The van der Waals surface area contributed by atoms with Gasteiger partial charge in [-0.25, -0.2) is 9.59 Å². The van der Waals surface area contributed by atoms with E-state index in [1.807, 2.05) is 62.3 Å². The minimum atomic E-state index is -2.76. The van der Waals surface area contributed by atoms with E-state index in [4.69, 9.17) is 60.9 Å². The molecule has 0 atom stereocenters. The predicted octanol–water partition coefficient (Wildman–Crippen LogP) is 0.216. The second kappa shape index (κ2) is 41.7. The molecule has 0 aliphatic carbocycles. The predicted molar refractivity (Wildman–Crippen MR) is 211 cm³/mol. The fourth-order valence-electron chi connectivity index (χ4n) is 4.58. The van der Waals surface area contributed by atoms with Gasteiger partial charge < -0.3 is 69.1 Å². The van der Waals surface area contributed by atoms with Gasteiger partial charge in [0.05, 0.1) is 25.2 Å². The standard InChI is InChI=1S/C22H44O10Si2.C9H21ClO3Si.C4H4O4.Na/c1-7-27-33(28-8-2,29-9-3)19-13-17-25-21(23)15-16-22(24)26-18-14-20-34(30-10-4,31-11-5)32-12-6;1-4-11-14(12-5-2,13-6-3)9-7-8-10;5-3(6)1-2-4(7)8;/h15-16H,7-14,17-20H2,1-6H3;4-9H2,1-3H3;1-2H,(H,5,6)(H,7,8);/q;;;+1/p-2/b16-15+;;2-1+;. The maximum Gasteiger partial charge on any atom is 1.00 e. The molecular formula is C35H67ClNaO17Si3-. The number of hydrogen-bond acceptors (Lipinski definition) is 17. The summed E-state index contributed by atoms with van der Waals surface area (Å²) in [6, 6.07) is 1.89. The molecule has 17 nitrogen and oxygen atoms in total. The van der Waals surface area contributed by atoms with E-state index in [0.717, 1.165) is 24.6 Å². The number of halogens is 1. The first kappa shape index (κ1) is 62.6. The first-order chi connectivity index (χ1) is 26.7. The molecule has 0 aliphatic heterocycles. The number of alkyl halides is 1. The molecule has 0 aromatic rings. The zero-order valence-corrected chi connectivity index (χ0v) is 41.6. The first-order valence-corrected chi connectivity index (χ1v) is 25.5. The number of carbonyl (C=O) groups is 4. The average Bonchev–Trinajstić information content (AvgIpc) is 3.14. The van der Waals surface area contributed by atoms with Gasteiger partial charge in [-0.05, 0) is 93.7 Å². The summed E-state index contributed by atoms with van der Waals surface area (Å²) in [6.45, 7) is 22.4. The smallest absolute Gasteiger partial charge is 0.545 e. The van der Waals surface area contributed by atoms with Gasteiger partial charge >= 0.3 is 67.9 Å². The molecule has 0 spiro atoms. The Morgan fingerprint density at radius 3 is 0.860 bits per heavy atom. The Kier molecular flexibility index (Phi) is 45.8. The van der Waals surface area contributed by atoms with E-state index < -0.39 is 50.3 Å². The summed E-state index contributed by atoms with van der Waals surface area (Å²) >= 11 is 5.66. The van der Waals surface area contributed by atoms with Crippen LogP contribution in [0.15, 0.2) is 24.3 Å². The van der Waals surface area contributed by atoms with Crippen LogP contribution in [0.2, 0.25) is 18.1 Å². The van der Waals surface area contributed by atoms with Gasteiger partial charge in [-0.3, -0.25) is 0 Å². The Balaban J connectivity index is -0.000000498. The maximum atomic E-state index is 11.9. The van der Waals surface area contributed by atoms with Crippen molar-refractivity contribution in [2.45, 2.75) is 99.7 Å². The van der Waals surface area contributed by atoms with E-state index in [9.17, 15) is 29.4 Å². The summed E-state index contributed by atoms with van der Waals surface area (Å²) in [6.07, 6.45) is 4.82. The number of aliphatic carboxylic acids is 2. The molecule has 0 saturated carbocycles. The molecule has 0 saturated heterocycles. The summed E-state index contributed by atoms with van der Waals surface area (Å²) in [5.74, 6) is -3.71. The van der Waals surface area contributed by atoms with Crippen LogP contribution in [0.5, 0.6) is 0 Å². The third-order valence-corrected chi connectivity index (χ3v) is 16.1. The fourth-order valence-corrected chi connectivity index (χ4v) is 12.7. The normalized spacial score (nSPS) is 11.6. The molecule has 0 fully saturated rings. The van der Waals surface area contributed by atoms with E-state index in [2.05, 4.69) is 0 Å². The van der Waals surface area contributed by atoms with Crippen molar-refractivity contribution in [2.75, 3.05) is 78.6 Å². The van der Waals surface area contributed by atoms with Gasteiger partial charge in [-0.1, -0.05) is 0 Å². The number of rotatable bonds is 33. The first-order valence-electron chi connectivity index (χ1n) is 19.2. The van der Waals surface area contributed by atoms with E-state index in [-0.39, 0.29) is 42.8 Å². The van der Waals surface area contributed by atoms with Crippen molar-refractivity contribution < 1.29 is 108 Å². The summed E-state index contributed by atoms with van der Waals surface area (Å²) in [7, 11) is -7.92. The van der Waals surface area contributed by atoms with Gasteiger partial charge in [0.1, 0.15) is 0 Å². The molecule has 0 aliphatic rings. The van der Waals surface area contributed by atoms with Gasteiger partial charge in [0.25, 0.3) is 0 Å². The van der Waals surface area contributed by atoms with Crippen molar-refractivity contribution in [1.29, 1.82) is 0 Å². The fraction of sp³-hybridized carbons (Fsp3) is 0.771. The van der Waals surface area contributed by atoms with Gasteiger partial charge in [0, 0.05) is 95.6 Å². The number of esters is 2. The topological polar surface area (TPSA) is 216 Å². The molecule has 0 rings (SSSR count). The molecular weight excluding hydrogens is 835 g/mol. The van der Waals surface area contributed by atoms with E-state index in [1.165, 1.54) is 0 Å². The van der Waals surface area contributed by atoms with Crippen LogP contribution in [-0.4, -0.2) is 129 Å². The number of ether oxygens (including phenoxy) is 2. The van der Waals surface area contributed by atoms with Crippen LogP contribution < -0.4 is 39.8 Å². The maximum absolute atomic E-state index is 11.9. The van der Waals surface area contributed by atoms with E-state index in [1.54, 1.807) is 0 Å². The van der Waals surface area contributed by atoms with Crippen LogP contribution in [0.3, 0.4) is 0 Å². The minimum absolute atomic E-state index is 0. The second-order valence-corrected chi connectivity index (χ2v) is 19.2. The number of carboxylic acids is 2. The Hall–Kier alpha value is -1.06. The molecule has 0 radical (unpaired) electrons. The summed E-state index contributed by atoms with van der Waals surface area (Å²) in [5.41, 5.74) is 0. The number of carbonyl (C=O) groups excluding carboxylic acids is 4. The van der Waals surface area contributed by atoms with Crippen molar-refractivity contribution in [3.63, 3.8) is 0 Å². The van der Waals surface area contributed by atoms with Gasteiger partial charge in [0.15, 0.2) is 0 Å². The largest absolute Gasteiger partial charge is 1.00 e. The third kappa shape index (κ3) is 35.4. The van der Waals surface area contributed by atoms with Gasteiger partial charge in [-0.2, -0.15) is 0 Å². The van der Waals surface area contributed by atoms with Crippen molar-refractivity contribution in [2.24, 2.45) is 0 Å². The molecule has 0 bridgehead atoms. The molecule has 0 heterocycles. The van der Waals surface area contributed by atoms with E-state index in [0.29, 0.717) is 102 Å². The molecule has 330 valence electrons. The van der Waals surface area contributed by atoms with Crippen molar-refractivity contribution in [3.05, 3.63) is 24.3 Å². The SMILES string of the molecule is CCO[Si](CCCCl)(OCC)OCC.CCO[Si](CCCOC(=O)/C=C/C(=O)OCCC[Si](OCC)(OCC)OCC)(OCC)OCC.O=C([O-])/C=C/C(=O)[O-].[Na+].